The fraction of sp³-hybridized carbons (Fsp3) is 0.941. The van der Waals surface area contributed by atoms with Gasteiger partial charge >= 0.3 is 0 Å². The van der Waals surface area contributed by atoms with Gasteiger partial charge in [-0.3, -0.25) is 0 Å². The van der Waals surface area contributed by atoms with Crippen molar-refractivity contribution in [1.29, 1.82) is 0 Å². The van der Waals surface area contributed by atoms with Crippen molar-refractivity contribution in [3.8, 4) is 0 Å². The molecule has 1 aliphatic rings. The van der Waals surface area contributed by atoms with Gasteiger partial charge in [-0.15, -0.1) is 0 Å². The maximum Gasteiger partial charge on any atom is 0.259 e. The van der Waals surface area contributed by atoms with Crippen LogP contribution in [-0.4, -0.2) is 49.7 Å². The lowest BCUT2D eigenvalue weighted by atomic mass is 10.1. The van der Waals surface area contributed by atoms with Crippen LogP contribution in [0.3, 0.4) is 0 Å². The molecule has 0 spiro atoms. The van der Waals surface area contributed by atoms with Gasteiger partial charge in [0.25, 0.3) is 8.53 Å². The Hall–Kier alpha value is -0.240. The Balaban J connectivity index is 2.66. The number of rotatable bonds is 10. The van der Waals surface area contributed by atoms with Gasteiger partial charge in [0.1, 0.15) is 6.61 Å². The molecule has 0 heterocycles. The van der Waals surface area contributed by atoms with E-state index in [9.17, 15) is 0 Å². The Morgan fingerprint density at radius 2 is 1.83 bits per heavy atom. The molecule has 0 saturated heterocycles. The van der Waals surface area contributed by atoms with E-state index in [4.69, 9.17) is 20.4 Å². The maximum absolute atomic E-state index is 6.92. The molecule has 1 aliphatic carbocycles. The van der Waals surface area contributed by atoms with Crippen molar-refractivity contribution in [2.24, 2.45) is 11.8 Å². The second kappa shape index (κ2) is 10.6. The maximum atomic E-state index is 6.92. The largest absolute Gasteiger partial charge is 0.381 e. The van der Waals surface area contributed by atoms with Crippen LogP contribution in [0.5, 0.6) is 0 Å². The van der Waals surface area contributed by atoms with Crippen molar-refractivity contribution in [2.75, 3.05) is 26.9 Å². The number of methoxy groups -OCH3 is 1. The molecule has 1 fully saturated rings. The molecule has 0 aromatic rings. The van der Waals surface area contributed by atoms with Crippen LogP contribution < -0.4 is 0 Å². The van der Waals surface area contributed by atoms with E-state index >= 15 is 0 Å². The highest BCUT2D eigenvalue weighted by molar-refractivity contribution is 7.44. The van der Waals surface area contributed by atoms with E-state index in [1.165, 1.54) is 0 Å². The fourth-order valence-electron chi connectivity index (χ4n) is 3.29. The van der Waals surface area contributed by atoms with Gasteiger partial charge in [-0.05, 0) is 46.5 Å². The van der Waals surface area contributed by atoms with Gasteiger partial charge in [0.15, 0.2) is 0 Å². The highest BCUT2D eigenvalue weighted by atomic mass is 31.2. The number of hydrogen-bond acceptors (Lipinski definition) is 4. The van der Waals surface area contributed by atoms with Crippen LogP contribution in [-0.2, 0) is 13.8 Å². The summed E-state index contributed by atoms with van der Waals surface area (Å²) in [6.07, 6.45) is 2.54. The van der Waals surface area contributed by atoms with E-state index in [0.717, 1.165) is 12.8 Å². The molecule has 0 aromatic heterocycles. The molecule has 4 unspecified atom stereocenters. The molecule has 134 valence electrons. The second-order valence-corrected chi connectivity index (χ2v) is 8.38. The van der Waals surface area contributed by atoms with Crippen LogP contribution in [0.1, 0.15) is 47.5 Å². The van der Waals surface area contributed by atoms with Crippen molar-refractivity contribution in [3.05, 3.63) is 11.4 Å². The summed E-state index contributed by atoms with van der Waals surface area (Å²) in [5.74, 6) is 1.12. The van der Waals surface area contributed by atoms with Gasteiger partial charge in [-0.1, -0.05) is 6.92 Å². The van der Waals surface area contributed by atoms with E-state index in [2.05, 4.69) is 44.1 Å². The first-order valence-corrected chi connectivity index (χ1v) is 9.73. The van der Waals surface area contributed by atoms with Gasteiger partial charge in [-0.2, -0.15) is 0 Å². The number of hydrogen-bond donors (Lipinski definition) is 0. The van der Waals surface area contributed by atoms with E-state index in [0.29, 0.717) is 43.7 Å². The third kappa shape index (κ3) is 6.64. The monoisotopic (exact) mass is 344 g/mol. The van der Waals surface area contributed by atoms with Crippen molar-refractivity contribution in [1.82, 2.24) is 4.67 Å². The molecule has 1 rings (SSSR count). The minimum Gasteiger partial charge on any atom is -0.381 e. The molecule has 0 amide bonds. The molecule has 0 aromatic carbocycles. The predicted octanol–water partition coefficient (Wildman–Crippen LogP) is 4.35. The van der Waals surface area contributed by atoms with E-state index in [1.807, 2.05) is 0 Å². The SMILES string of the molecule is [C-]#[N+]CCOP(OCC1CC(C)CC1OC)N(C(C)C)C(C)C. The third-order valence-electron chi connectivity index (χ3n) is 4.22. The summed E-state index contributed by atoms with van der Waals surface area (Å²) in [7, 11) is 0.656. The van der Waals surface area contributed by atoms with Crippen molar-refractivity contribution in [3.63, 3.8) is 0 Å². The summed E-state index contributed by atoms with van der Waals surface area (Å²) in [5, 5.41) is 0. The Bertz CT molecular complexity index is 365. The first-order chi connectivity index (χ1) is 10.9. The standard InChI is InChI=1S/C17H33N2O3P/c1-13(2)19(14(3)4)23(21-9-8-18-6)22-12-16-10-15(5)11-17(16)20-7/h13-17H,8-12H2,1-5,7H3. The van der Waals surface area contributed by atoms with Crippen LogP contribution in [0.15, 0.2) is 0 Å². The lowest BCUT2D eigenvalue weighted by Gasteiger charge is -2.36. The topological polar surface area (TPSA) is 35.3 Å². The minimum atomic E-state index is -1.13. The van der Waals surface area contributed by atoms with Crippen LogP contribution >= 0.6 is 8.53 Å². The zero-order valence-corrected chi connectivity index (χ0v) is 16.4. The molecule has 0 bridgehead atoms. The van der Waals surface area contributed by atoms with Gasteiger partial charge in [0.05, 0.1) is 12.7 Å². The summed E-state index contributed by atoms with van der Waals surface area (Å²) >= 11 is 0. The summed E-state index contributed by atoms with van der Waals surface area (Å²) in [4.78, 5) is 3.37. The van der Waals surface area contributed by atoms with Crippen molar-refractivity contribution < 1.29 is 13.8 Å². The number of nitrogens with zero attached hydrogens (tertiary/aromatic N) is 2. The van der Waals surface area contributed by atoms with Gasteiger partial charge in [0.2, 0.25) is 6.54 Å². The zero-order valence-electron chi connectivity index (χ0n) is 15.5. The average Bonchev–Trinajstić information content (AvgIpc) is 2.84. The highest BCUT2D eigenvalue weighted by Crippen LogP contribution is 2.47. The molecular weight excluding hydrogens is 311 g/mol. The molecule has 5 nitrogen and oxygen atoms in total. The Morgan fingerprint density at radius 1 is 1.17 bits per heavy atom. The Kier molecular flexibility index (Phi) is 9.58. The van der Waals surface area contributed by atoms with Gasteiger partial charge in [0, 0.05) is 25.1 Å². The van der Waals surface area contributed by atoms with E-state index < -0.39 is 8.53 Å². The Labute approximate surface area is 143 Å². The summed E-state index contributed by atoms with van der Waals surface area (Å²) < 4.78 is 20.1. The summed E-state index contributed by atoms with van der Waals surface area (Å²) in [5.41, 5.74) is 0. The van der Waals surface area contributed by atoms with Gasteiger partial charge in [-0.25, -0.2) is 11.2 Å². The van der Waals surface area contributed by atoms with Crippen LogP contribution in [0.4, 0.5) is 0 Å². The molecule has 0 aliphatic heterocycles. The molecule has 0 N–H and O–H groups in total. The van der Waals surface area contributed by atoms with Crippen LogP contribution in [0.2, 0.25) is 0 Å². The minimum absolute atomic E-state index is 0.289. The summed E-state index contributed by atoms with van der Waals surface area (Å²) in [6, 6.07) is 0.685. The summed E-state index contributed by atoms with van der Waals surface area (Å²) in [6.45, 7) is 19.3. The van der Waals surface area contributed by atoms with E-state index in [1.54, 1.807) is 7.11 Å². The fourth-order valence-corrected chi connectivity index (χ4v) is 4.94. The van der Waals surface area contributed by atoms with Gasteiger partial charge < -0.3 is 18.6 Å². The van der Waals surface area contributed by atoms with E-state index in [-0.39, 0.29) is 6.10 Å². The first kappa shape index (κ1) is 20.8. The normalized spacial score (nSPS) is 26.2. The van der Waals surface area contributed by atoms with Crippen LogP contribution in [0, 0.1) is 18.4 Å². The molecule has 0 radical (unpaired) electrons. The zero-order chi connectivity index (χ0) is 17.4. The molecule has 1 saturated carbocycles. The van der Waals surface area contributed by atoms with Crippen LogP contribution in [0.25, 0.3) is 4.85 Å². The molecule has 6 heteroatoms. The number of ether oxygens (including phenoxy) is 1. The highest BCUT2D eigenvalue weighted by Gasteiger charge is 2.34. The Morgan fingerprint density at radius 3 is 2.35 bits per heavy atom. The second-order valence-electron chi connectivity index (χ2n) is 6.93. The third-order valence-corrected chi connectivity index (χ3v) is 6.29. The average molecular weight is 344 g/mol. The first-order valence-electron chi connectivity index (χ1n) is 8.60. The molecule has 4 atom stereocenters. The predicted molar refractivity (Wildman–Crippen MR) is 95.1 cm³/mol. The smallest absolute Gasteiger partial charge is 0.259 e. The van der Waals surface area contributed by atoms with Crippen molar-refractivity contribution >= 4 is 8.53 Å². The molecular formula is C17H33N2O3P. The van der Waals surface area contributed by atoms with Crippen molar-refractivity contribution in [2.45, 2.75) is 65.6 Å². The lowest BCUT2D eigenvalue weighted by Crippen LogP contribution is -2.34. The molecule has 23 heavy (non-hydrogen) atoms. The quantitative estimate of drug-likeness (QED) is 0.335. The lowest BCUT2D eigenvalue weighted by molar-refractivity contribution is 0.0459.